The minimum Gasteiger partial charge on any atom is -0.463 e. The zero-order valence-electron chi connectivity index (χ0n) is 13.2. The van der Waals surface area contributed by atoms with Gasteiger partial charge in [0.2, 0.25) is 0 Å². The second kappa shape index (κ2) is 12.1. The highest BCUT2D eigenvalue weighted by molar-refractivity contribution is 5.69. The zero-order valence-corrected chi connectivity index (χ0v) is 13.2. The van der Waals surface area contributed by atoms with Crippen molar-refractivity contribution in [3.8, 4) is 0 Å². The minimum absolute atomic E-state index is 0.0200. The molecule has 0 saturated heterocycles. The lowest BCUT2D eigenvalue weighted by molar-refractivity contribution is -0.145. The summed E-state index contributed by atoms with van der Waals surface area (Å²) in [6.45, 7) is 9.63. The summed E-state index contributed by atoms with van der Waals surface area (Å²) >= 11 is 0. The van der Waals surface area contributed by atoms with Crippen LogP contribution in [-0.4, -0.2) is 64.8 Å². The monoisotopic (exact) mass is 291 g/mol. The van der Waals surface area contributed by atoms with E-state index < -0.39 is 0 Å². The highest BCUT2D eigenvalue weighted by Crippen LogP contribution is 1.98. The van der Waals surface area contributed by atoms with Gasteiger partial charge in [0.05, 0.1) is 39.5 Å². The van der Waals surface area contributed by atoms with E-state index >= 15 is 0 Å². The molecule has 0 aromatic carbocycles. The highest BCUT2D eigenvalue weighted by atomic mass is 16.6. The molecule has 0 saturated carbocycles. The maximum Gasteiger partial charge on any atom is 0.307 e. The summed E-state index contributed by atoms with van der Waals surface area (Å²) in [6.07, 6.45) is 0.372. The first-order valence-corrected chi connectivity index (χ1v) is 7.01. The Morgan fingerprint density at radius 1 is 0.950 bits per heavy atom. The van der Waals surface area contributed by atoms with Gasteiger partial charge in [0.25, 0.3) is 0 Å². The SMILES string of the molecule is COCCOCCOCCOC(=O)CCNC(C)(C)C. The molecule has 6 heteroatoms. The first kappa shape index (κ1) is 19.3. The Morgan fingerprint density at radius 2 is 1.50 bits per heavy atom. The van der Waals surface area contributed by atoms with E-state index in [4.69, 9.17) is 18.9 Å². The number of hydrogen-bond acceptors (Lipinski definition) is 6. The van der Waals surface area contributed by atoms with Gasteiger partial charge < -0.3 is 24.3 Å². The molecule has 0 heterocycles. The first-order valence-electron chi connectivity index (χ1n) is 7.01. The van der Waals surface area contributed by atoms with Crippen molar-refractivity contribution in [2.45, 2.75) is 32.7 Å². The number of carbonyl (C=O) groups excluding carboxylic acids is 1. The number of rotatable bonds is 12. The second-order valence-corrected chi connectivity index (χ2v) is 5.36. The largest absolute Gasteiger partial charge is 0.463 e. The van der Waals surface area contributed by atoms with E-state index in [2.05, 4.69) is 26.1 Å². The zero-order chi connectivity index (χ0) is 15.3. The van der Waals surface area contributed by atoms with Crippen LogP contribution in [-0.2, 0) is 23.7 Å². The van der Waals surface area contributed by atoms with Crippen LogP contribution >= 0.6 is 0 Å². The number of hydrogen-bond donors (Lipinski definition) is 1. The van der Waals surface area contributed by atoms with E-state index in [0.717, 1.165) is 0 Å². The van der Waals surface area contributed by atoms with Crippen LogP contribution in [0.2, 0.25) is 0 Å². The van der Waals surface area contributed by atoms with Crippen molar-refractivity contribution >= 4 is 5.97 Å². The normalized spacial score (nSPS) is 11.6. The molecule has 0 atom stereocenters. The molecule has 0 unspecified atom stereocenters. The van der Waals surface area contributed by atoms with Gasteiger partial charge in [0.15, 0.2) is 0 Å². The average molecular weight is 291 g/mol. The molecule has 0 bridgehead atoms. The molecule has 6 nitrogen and oxygen atoms in total. The third kappa shape index (κ3) is 15.4. The van der Waals surface area contributed by atoms with Gasteiger partial charge in [-0.15, -0.1) is 0 Å². The molecular weight excluding hydrogens is 262 g/mol. The Kier molecular flexibility index (Phi) is 11.7. The number of carbonyl (C=O) groups is 1. The molecule has 0 fully saturated rings. The van der Waals surface area contributed by atoms with E-state index in [9.17, 15) is 4.79 Å². The molecule has 0 aromatic heterocycles. The van der Waals surface area contributed by atoms with Gasteiger partial charge in [-0.3, -0.25) is 4.79 Å². The predicted octanol–water partition coefficient (Wildman–Crippen LogP) is 0.987. The summed E-state index contributed by atoms with van der Waals surface area (Å²) in [5, 5.41) is 3.23. The fraction of sp³-hybridized carbons (Fsp3) is 0.929. The van der Waals surface area contributed by atoms with Crippen molar-refractivity contribution in [1.29, 1.82) is 0 Å². The third-order valence-electron chi connectivity index (χ3n) is 2.28. The lowest BCUT2D eigenvalue weighted by atomic mass is 10.1. The Labute approximate surface area is 122 Å². The highest BCUT2D eigenvalue weighted by Gasteiger charge is 2.09. The Morgan fingerprint density at radius 3 is 2.05 bits per heavy atom. The van der Waals surface area contributed by atoms with Gasteiger partial charge in [-0.05, 0) is 20.8 Å². The molecule has 0 aliphatic heterocycles. The van der Waals surface area contributed by atoms with Gasteiger partial charge in [-0.25, -0.2) is 0 Å². The lowest BCUT2D eigenvalue weighted by Crippen LogP contribution is -2.37. The second-order valence-electron chi connectivity index (χ2n) is 5.36. The third-order valence-corrected chi connectivity index (χ3v) is 2.28. The van der Waals surface area contributed by atoms with Crippen molar-refractivity contribution in [2.24, 2.45) is 0 Å². The molecule has 0 rings (SSSR count). The quantitative estimate of drug-likeness (QED) is 0.427. The summed E-state index contributed by atoms with van der Waals surface area (Å²) in [7, 11) is 1.63. The fourth-order valence-corrected chi connectivity index (χ4v) is 1.29. The van der Waals surface area contributed by atoms with E-state index in [-0.39, 0.29) is 18.1 Å². The Hall–Kier alpha value is -0.690. The predicted molar refractivity (Wildman–Crippen MR) is 76.8 cm³/mol. The van der Waals surface area contributed by atoms with Crippen LogP contribution in [0.15, 0.2) is 0 Å². The number of methoxy groups -OCH3 is 1. The minimum atomic E-state index is -0.207. The van der Waals surface area contributed by atoms with E-state index in [1.165, 1.54) is 0 Å². The van der Waals surface area contributed by atoms with Crippen molar-refractivity contribution in [3.63, 3.8) is 0 Å². The van der Waals surface area contributed by atoms with Crippen LogP contribution in [0.3, 0.4) is 0 Å². The van der Waals surface area contributed by atoms with E-state index in [1.54, 1.807) is 7.11 Å². The van der Waals surface area contributed by atoms with Crippen molar-refractivity contribution in [2.75, 3.05) is 53.3 Å². The molecule has 1 N–H and O–H groups in total. The number of ether oxygens (including phenoxy) is 4. The van der Waals surface area contributed by atoms with Crippen LogP contribution < -0.4 is 5.32 Å². The standard InChI is InChI=1S/C14H29NO5/c1-14(2,3)15-6-5-13(16)20-12-11-19-10-9-18-8-7-17-4/h15H,5-12H2,1-4H3. The van der Waals surface area contributed by atoms with Gasteiger partial charge in [-0.2, -0.15) is 0 Å². The first-order chi connectivity index (χ1) is 9.45. The van der Waals surface area contributed by atoms with Crippen LogP contribution in [0, 0.1) is 0 Å². The summed E-state index contributed by atoms with van der Waals surface area (Å²) in [5.41, 5.74) is 0.0200. The molecule has 0 radical (unpaired) electrons. The average Bonchev–Trinajstić information content (AvgIpc) is 2.35. The molecule has 120 valence electrons. The summed E-state index contributed by atoms with van der Waals surface area (Å²) < 4.78 is 20.4. The lowest BCUT2D eigenvalue weighted by Gasteiger charge is -2.19. The Bertz CT molecular complexity index is 240. The molecular formula is C14H29NO5. The molecule has 20 heavy (non-hydrogen) atoms. The van der Waals surface area contributed by atoms with E-state index in [1.807, 2.05) is 0 Å². The molecule has 0 aliphatic carbocycles. The molecule has 0 spiro atoms. The number of esters is 1. The van der Waals surface area contributed by atoms with Crippen LogP contribution in [0.1, 0.15) is 27.2 Å². The van der Waals surface area contributed by atoms with Crippen molar-refractivity contribution in [3.05, 3.63) is 0 Å². The van der Waals surface area contributed by atoms with Crippen molar-refractivity contribution < 1.29 is 23.7 Å². The van der Waals surface area contributed by atoms with Crippen LogP contribution in [0.5, 0.6) is 0 Å². The topological polar surface area (TPSA) is 66.0 Å². The molecule has 0 aromatic rings. The number of nitrogens with one attached hydrogen (secondary N) is 1. The maximum absolute atomic E-state index is 11.4. The van der Waals surface area contributed by atoms with Gasteiger partial charge in [-0.1, -0.05) is 0 Å². The van der Waals surface area contributed by atoms with Crippen LogP contribution in [0.25, 0.3) is 0 Å². The Balaban J connectivity index is 3.23. The summed E-state index contributed by atoms with van der Waals surface area (Å²) in [5.74, 6) is -0.207. The van der Waals surface area contributed by atoms with Crippen molar-refractivity contribution in [1.82, 2.24) is 5.32 Å². The summed E-state index contributed by atoms with van der Waals surface area (Å²) in [6, 6.07) is 0. The molecule has 0 aliphatic rings. The van der Waals surface area contributed by atoms with Gasteiger partial charge in [0.1, 0.15) is 6.61 Å². The fourth-order valence-electron chi connectivity index (χ4n) is 1.29. The van der Waals surface area contributed by atoms with Gasteiger partial charge >= 0.3 is 5.97 Å². The van der Waals surface area contributed by atoms with E-state index in [0.29, 0.717) is 46.0 Å². The maximum atomic E-state index is 11.4. The molecule has 0 amide bonds. The van der Waals surface area contributed by atoms with Gasteiger partial charge in [0, 0.05) is 19.2 Å². The van der Waals surface area contributed by atoms with Crippen LogP contribution in [0.4, 0.5) is 0 Å². The summed E-state index contributed by atoms with van der Waals surface area (Å²) in [4.78, 5) is 11.4. The smallest absolute Gasteiger partial charge is 0.307 e.